The highest BCUT2D eigenvalue weighted by Crippen LogP contribution is 2.56. The SMILES string of the molecule is CC(=O)c1cccn(CCN2CC3(C2)CC(F)(F)C3)c1=O. The van der Waals surface area contributed by atoms with Gasteiger partial charge in [0.1, 0.15) is 0 Å². The van der Waals surface area contributed by atoms with E-state index in [2.05, 4.69) is 4.90 Å². The van der Waals surface area contributed by atoms with Gasteiger partial charge in [-0.1, -0.05) is 0 Å². The van der Waals surface area contributed by atoms with Crippen LogP contribution in [0.1, 0.15) is 30.1 Å². The summed E-state index contributed by atoms with van der Waals surface area (Å²) in [5, 5.41) is 0. The Morgan fingerprint density at radius 1 is 1.29 bits per heavy atom. The fraction of sp³-hybridized carbons (Fsp3) is 0.600. The first-order chi connectivity index (χ1) is 9.80. The molecule has 1 saturated heterocycles. The molecular formula is C15H18F2N2O2. The Kier molecular flexibility index (Phi) is 3.24. The number of carbonyl (C=O) groups excluding carboxylic acids is 1. The molecule has 0 N–H and O–H groups in total. The van der Waals surface area contributed by atoms with Crippen LogP contribution < -0.4 is 5.56 Å². The minimum absolute atomic E-state index is 0.00370. The molecule has 3 rings (SSSR count). The first kappa shape index (κ1) is 14.4. The number of alkyl halides is 2. The van der Waals surface area contributed by atoms with E-state index in [-0.39, 0.29) is 35.2 Å². The van der Waals surface area contributed by atoms with E-state index in [1.807, 2.05) is 0 Å². The second-order valence-corrected chi connectivity index (χ2v) is 6.40. The lowest BCUT2D eigenvalue weighted by molar-refractivity contribution is -0.213. The van der Waals surface area contributed by atoms with Gasteiger partial charge in [-0.05, 0) is 19.1 Å². The molecule has 6 heteroatoms. The van der Waals surface area contributed by atoms with Crippen LogP contribution in [-0.4, -0.2) is 40.8 Å². The summed E-state index contributed by atoms with van der Waals surface area (Å²) in [5.41, 5.74) is -0.276. The summed E-state index contributed by atoms with van der Waals surface area (Å²) < 4.78 is 27.3. The molecule has 1 aliphatic carbocycles. The minimum Gasteiger partial charge on any atom is -0.314 e. The maximum Gasteiger partial charge on any atom is 0.261 e. The average molecular weight is 296 g/mol. The van der Waals surface area contributed by atoms with Crippen LogP contribution in [0.5, 0.6) is 0 Å². The van der Waals surface area contributed by atoms with Gasteiger partial charge in [0.2, 0.25) is 5.92 Å². The van der Waals surface area contributed by atoms with Crippen molar-refractivity contribution in [3.8, 4) is 0 Å². The molecule has 1 saturated carbocycles. The Morgan fingerprint density at radius 3 is 2.52 bits per heavy atom. The zero-order valence-electron chi connectivity index (χ0n) is 11.9. The van der Waals surface area contributed by atoms with Gasteiger partial charge in [0.15, 0.2) is 5.78 Å². The maximum atomic E-state index is 12.9. The predicted octanol–water partition coefficient (Wildman–Crippen LogP) is 1.78. The number of likely N-dealkylation sites (tertiary alicyclic amines) is 1. The van der Waals surface area contributed by atoms with Crippen molar-refractivity contribution in [1.82, 2.24) is 9.47 Å². The lowest BCUT2D eigenvalue weighted by Gasteiger charge is -2.58. The summed E-state index contributed by atoms with van der Waals surface area (Å²) in [4.78, 5) is 25.4. The van der Waals surface area contributed by atoms with Gasteiger partial charge in [-0.25, -0.2) is 8.78 Å². The van der Waals surface area contributed by atoms with Crippen LogP contribution in [0.15, 0.2) is 23.1 Å². The molecule has 1 aromatic heterocycles. The van der Waals surface area contributed by atoms with Crippen LogP contribution in [0.2, 0.25) is 0 Å². The molecule has 0 aromatic carbocycles. The number of halogens is 2. The van der Waals surface area contributed by atoms with Gasteiger partial charge >= 0.3 is 0 Å². The number of Topliss-reactive ketones (excluding diaryl/α,β-unsaturated/α-hetero) is 1. The number of carbonyl (C=O) groups is 1. The van der Waals surface area contributed by atoms with Crippen molar-refractivity contribution in [3.05, 3.63) is 34.2 Å². The van der Waals surface area contributed by atoms with E-state index in [1.165, 1.54) is 17.6 Å². The van der Waals surface area contributed by atoms with Crippen molar-refractivity contribution < 1.29 is 13.6 Å². The zero-order valence-corrected chi connectivity index (χ0v) is 11.9. The Balaban J connectivity index is 1.55. The fourth-order valence-electron chi connectivity index (χ4n) is 3.56. The minimum atomic E-state index is -2.47. The quantitative estimate of drug-likeness (QED) is 0.795. The van der Waals surface area contributed by atoms with E-state index in [1.54, 1.807) is 12.3 Å². The van der Waals surface area contributed by atoms with Crippen LogP contribution in [0, 0.1) is 5.41 Å². The predicted molar refractivity (Wildman–Crippen MR) is 73.8 cm³/mol. The molecule has 0 radical (unpaired) electrons. The molecule has 1 aromatic rings. The van der Waals surface area contributed by atoms with Gasteiger partial charge in [-0.3, -0.25) is 9.59 Å². The molecule has 2 heterocycles. The highest BCUT2D eigenvalue weighted by Gasteiger charge is 2.61. The van der Waals surface area contributed by atoms with Crippen molar-refractivity contribution in [2.24, 2.45) is 5.41 Å². The number of rotatable bonds is 4. The van der Waals surface area contributed by atoms with Gasteiger partial charge in [-0.2, -0.15) is 0 Å². The smallest absolute Gasteiger partial charge is 0.261 e. The third kappa shape index (κ3) is 2.64. The fourth-order valence-corrected chi connectivity index (χ4v) is 3.56. The molecule has 0 atom stereocenters. The number of hydrogen-bond acceptors (Lipinski definition) is 3. The van der Waals surface area contributed by atoms with Crippen LogP contribution in [0.3, 0.4) is 0 Å². The summed E-state index contributed by atoms with van der Waals surface area (Å²) in [6.45, 7) is 3.87. The number of nitrogens with zero attached hydrogens (tertiary/aromatic N) is 2. The zero-order chi connectivity index (χ0) is 15.3. The molecule has 1 spiro atoms. The second-order valence-electron chi connectivity index (χ2n) is 6.40. The normalized spacial score (nSPS) is 22.6. The molecule has 2 aliphatic rings. The Bertz CT molecular complexity index is 623. The van der Waals surface area contributed by atoms with E-state index in [9.17, 15) is 18.4 Å². The topological polar surface area (TPSA) is 42.3 Å². The maximum absolute atomic E-state index is 12.9. The van der Waals surface area contributed by atoms with E-state index in [0.29, 0.717) is 26.2 Å². The van der Waals surface area contributed by atoms with E-state index in [4.69, 9.17) is 0 Å². The van der Waals surface area contributed by atoms with E-state index >= 15 is 0 Å². The van der Waals surface area contributed by atoms with Gasteiger partial charge in [0.25, 0.3) is 5.56 Å². The highest BCUT2D eigenvalue weighted by atomic mass is 19.3. The molecule has 4 nitrogen and oxygen atoms in total. The first-order valence-corrected chi connectivity index (χ1v) is 7.11. The van der Waals surface area contributed by atoms with Gasteiger partial charge in [0.05, 0.1) is 5.56 Å². The number of aromatic nitrogens is 1. The van der Waals surface area contributed by atoms with Gasteiger partial charge < -0.3 is 9.47 Å². The highest BCUT2D eigenvalue weighted by molar-refractivity contribution is 5.93. The van der Waals surface area contributed by atoms with E-state index < -0.39 is 5.92 Å². The largest absolute Gasteiger partial charge is 0.314 e. The van der Waals surface area contributed by atoms with Crippen molar-refractivity contribution in [2.75, 3.05) is 19.6 Å². The monoisotopic (exact) mass is 296 g/mol. The summed E-state index contributed by atoms with van der Waals surface area (Å²) in [6, 6.07) is 3.21. The summed E-state index contributed by atoms with van der Waals surface area (Å²) >= 11 is 0. The van der Waals surface area contributed by atoms with Crippen molar-refractivity contribution in [1.29, 1.82) is 0 Å². The molecular weight excluding hydrogens is 278 g/mol. The second kappa shape index (κ2) is 4.73. The van der Waals surface area contributed by atoms with Gasteiger partial charge in [-0.15, -0.1) is 0 Å². The summed E-state index contributed by atoms with van der Waals surface area (Å²) in [7, 11) is 0. The van der Waals surface area contributed by atoms with Crippen molar-refractivity contribution in [2.45, 2.75) is 32.2 Å². The van der Waals surface area contributed by atoms with Crippen molar-refractivity contribution in [3.63, 3.8) is 0 Å². The number of hydrogen-bond donors (Lipinski definition) is 0. The van der Waals surface area contributed by atoms with E-state index in [0.717, 1.165) is 0 Å². The Hall–Kier alpha value is -1.56. The standard InChI is InChI=1S/C15H18F2N2O2/c1-11(20)12-3-2-4-19(13(12)21)6-5-18-9-14(10-18)7-15(16,17)8-14/h2-4H,5-10H2,1H3. The lowest BCUT2D eigenvalue weighted by Crippen LogP contribution is -2.66. The molecule has 114 valence electrons. The lowest BCUT2D eigenvalue weighted by atomic mass is 9.61. The van der Waals surface area contributed by atoms with Crippen LogP contribution >= 0.6 is 0 Å². The molecule has 2 fully saturated rings. The Labute approximate surface area is 121 Å². The third-order valence-electron chi connectivity index (χ3n) is 4.44. The average Bonchev–Trinajstić information content (AvgIpc) is 2.31. The van der Waals surface area contributed by atoms with Crippen LogP contribution in [0.25, 0.3) is 0 Å². The first-order valence-electron chi connectivity index (χ1n) is 7.11. The molecule has 0 amide bonds. The molecule has 21 heavy (non-hydrogen) atoms. The van der Waals surface area contributed by atoms with Crippen molar-refractivity contribution >= 4 is 5.78 Å². The number of ketones is 1. The molecule has 0 bridgehead atoms. The third-order valence-corrected chi connectivity index (χ3v) is 4.44. The summed E-state index contributed by atoms with van der Waals surface area (Å²) in [5.74, 6) is -2.72. The Morgan fingerprint density at radius 2 is 1.95 bits per heavy atom. The summed E-state index contributed by atoms with van der Waals surface area (Å²) in [6.07, 6.45) is 1.65. The number of pyridine rings is 1. The molecule has 0 unspecified atom stereocenters. The van der Waals surface area contributed by atoms with Crippen LogP contribution in [0.4, 0.5) is 8.78 Å². The van der Waals surface area contributed by atoms with Gasteiger partial charge in [0, 0.05) is 50.6 Å². The molecule has 1 aliphatic heterocycles. The van der Waals surface area contributed by atoms with Crippen LogP contribution in [-0.2, 0) is 6.54 Å².